The molecule has 0 radical (unpaired) electrons. The van der Waals surface area contributed by atoms with Crippen LogP contribution in [0.15, 0.2) is 42.5 Å². The molecule has 1 aromatic carbocycles. The fraction of sp³-hybridized carbons (Fsp3) is 0.304. The second-order valence-electron chi connectivity index (χ2n) is 8.03. The summed E-state index contributed by atoms with van der Waals surface area (Å²) in [5.41, 5.74) is 2.92. The van der Waals surface area contributed by atoms with Crippen LogP contribution < -0.4 is 0 Å². The summed E-state index contributed by atoms with van der Waals surface area (Å²) in [6, 6.07) is 14.2. The Morgan fingerprint density at radius 1 is 1.06 bits per heavy atom. The van der Waals surface area contributed by atoms with Crippen LogP contribution in [0.5, 0.6) is 0 Å². The number of rotatable bonds is 4. The van der Waals surface area contributed by atoms with Crippen molar-refractivity contribution in [3.05, 3.63) is 69.6 Å². The molecule has 0 unspecified atom stereocenters. The highest BCUT2D eigenvalue weighted by molar-refractivity contribution is 7.15. The Balaban J connectivity index is 1.21. The smallest absolute Gasteiger partial charge is 0.293 e. The number of nitrogens with zero attached hydrogens (tertiary/aromatic N) is 6. The zero-order chi connectivity index (χ0) is 22.2. The maximum absolute atomic E-state index is 13.0. The van der Waals surface area contributed by atoms with Crippen LogP contribution in [0.25, 0.3) is 16.2 Å². The topological polar surface area (TPSA) is 66.6 Å². The van der Waals surface area contributed by atoms with Crippen LogP contribution in [0, 0.1) is 13.8 Å². The first-order chi connectivity index (χ1) is 15.5. The third kappa shape index (κ3) is 4.26. The Labute approximate surface area is 195 Å². The van der Waals surface area contributed by atoms with Crippen molar-refractivity contribution in [2.75, 3.05) is 26.2 Å². The number of carbonyl (C=O) groups excluding carboxylic acids is 1. The highest BCUT2D eigenvalue weighted by Crippen LogP contribution is 2.30. The van der Waals surface area contributed by atoms with E-state index in [2.05, 4.69) is 38.2 Å². The molecule has 164 valence electrons. The molecule has 4 aromatic rings. The predicted molar refractivity (Wildman–Crippen MR) is 126 cm³/mol. The van der Waals surface area contributed by atoms with Crippen molar-refractivity contribution in [1.82, 2.24) is 29.4 Å². The van der Waals surface area contributed by atoms with Crippen molar-refractivity contribution >= 4 is 34.6 Å². The zero-order valence-electron chi connectivity index (χ0n) is 18.0. The van der Waals surface area contributed by atoms with Crippen LogP contribution in [-0.4, -0.2) is 61.5 Å². The van der Waals surface area contributed by atoms with Crippen LogP contribution in [-0.2, 0) is 6.54 Å². The number of hydrogen-bond acceptors (Lipinski definition) is 6. The molecule has 0 atom stereocenters. The van der Waals surface area contributed by atoms with Gasteiger partial charge in [-0.2, -0.15) is 4.98 Å². The summed E-state index contributed by atoms with van der Waals surface area (Å²) in [4.78, 5) is 28.4. The van der Waals surface area contributed by atoms with Crippen LogP contribution in [0.4, 0.5) is 0 Å². The van der Waals surface area contributed by atoms with Gasteiger partial charge < -0.3 is 4.90 Å². The zero-order valence-corrected chi connectivity index (χ0v) is 19.5. The lowest BCUT2D eigenvalue weighted by Gasteiger charge is -2.33. The van der Waals surface area contributed by atoms with E-state index in [1.807, 2.05) is 43.0 Å². The van der Waals surface area contributed by atoms with Crippen molar-refractivity contribution < 1.29 is 4.79 Å². The molecule has 1 amide bonds. The number of carbonyl (C=O) groups is 1. The Hall–Kier alpha value is -2.81. The van der Waals surface area contributed by atoms with Gasteiger partial charge in [0.25, 0.3) is 11.7 Å². The second-order valence-corrected chi connectivity index (χ2v) is 9.64. The van der Waals surface area contributed by atoms with Crippen molar-refractivity contribution in [3.63, 3.8) is 0 Å². The van der Waals surface area contributed by atoms with Gasteiger partial charge in [-0.25, -0.2) is 9.50 Å². The number of aromatic nitrogens is 4. The maximum atomic E-state index is 13.0. The van der Waals surface area contributed by atoms with Gasteiger partial charge in [-0.15, -0.1) is 16.4 Å². The lowest BCUT2D eigenvalue weighted by Crippen LogP contribution is -2.48. The lowest BCUT2D eigenvalue weighted by atomic mass is 10.2. The summed E-state index contributed by atoms with van der Waals surface area (Å²) < 4.78 is 1.63. The minimum atomic E-state index is -0.133. The van der Waals surface area contributed by atoms with E-state index in [-0.39, 0.29) is 11.7 Å². The van der Waals surface area contributed by atoms with Gasteiger partial charge in [0.1, 0.15) is 0 Å². The van der Waals surface area contributed by atoms with Crippen LogP contribution in [0.1, 0.15) is 26.9 Å². The predicted octanol–water partition coefficient (Wildman–Crippen LogP) is 4.08. The first kappa shape index (κ1) is 21.1. The third-order valence-corrected chi connectivity index (χ3v) is 6.97. The first-order valence-corrected chi connectivity index (χ1v) is 11.7. The SMILES string of the molecule is Cc1cc(C)n2nc(C(=O)N3CCN(Cc4ccc(-c5cccc(Cl)c5)s4)CC3)nc2n1. The molecule has 0 aliphatic carbocycles. The maximum Gasteiger partial charge on any atom is 0.293 e. The average molecular weight is 467 g/mol. The normalized spacial score (nSPS) is 14.9. The van der Waals surface area contributed by atoms with E-state index in [9.17, 15) is 4.79 Å². The van der Waals surface area contributed by atoms with Gasteiger partial charge in [0, 0.05) is 58.9 Å². The van der Waals surface area contributed by atoms with Crippen LogP contribution in [0.2, 0.25) is 5.02 Å². The minimum Gasteiger partial charge on any atom is -0.333 e. The molecule has 4 heterocycles. The molecule has 1 aliphatic rings. The highest BCUT2D eigenvalue weighted by atomic mass is 35.5. The van der Waals surface area contributed by atoms with Gasteiger partial charge in [-0.05, 0) is 49.7 Å². The molecule has 1 saturated heterocycles. The number of benzene rings is 1. The van der Waals surface area contributed by atoms with Gasteiger partial charge >= 0.3 is 0 Å². The summed E-state index contributed by atoms with van der Waals surface area (Å²) >= 11 is 7.92. The standard InChI is InChI=1S/C23H23ClN6OS/c1-15-12-16(2)30-23(25-15)26-21(27-30)22(31)29-10-8-28(9-11-29)14-19-6-7-20(32-19)17-4-3-5-18(24)13-17/h3-7,12-13H,8-11,14H2,1-2H3. The average Bonchev–Trinajstić information content (AvgIpc) is 3.41. The molecule has 0 bridgehead atoms. The van der Waals surface area contributed by atoms with Crippen molar-refractivity contribution in [3.8, 4) is 10.4 Å². The minimum absolute atomic E-state index is 0.133. The molecule has 32 heavy (non-hydrogen) atoms. The van der Waals surface area contributed by atoms with Crippen LogP contribution in [0.3, 0.4) is 0 Å². The Bertz CT molecular complexity index is 1290. The van der Waals surface area contributed by atoms with E-state index < -0.39 is 0 Å². The Kier molecular flexibility index (Phi) is 5.67. The molecular weight excluding hydrogens is 444 g/mol. The third-order valence-electron chi connectivity index (χ3n) is 5.62. The van der Waals surface area contributed by atoms with Gasteiger partial charge in [0.15, 0.2) is 0 Å². The summed E-state index contributed by atoms with van der Waals surface area (Å²) in [5, 5.41) is 5.13. The fourth-order valence-electron chi connectivity index (χ4n) is 3.99. The van der Waals surface area contributed by atoms with Gasteiger partial charge in [-0.3, -0.25) is 9.69 Å². The van der Waals surface area contributed by atoms with Crippen molar-refractivity contribution in [2.45, 2.75) is 20.4 Å². The van der Waals surface area contributed by atoms with E-state index in [0.29, 0.717) is 18.9 Å². The van der Waals surface area contributed by atoms with Crippen molar-refractivity contribution in [2.24, 2.45) is 0 Å². The number of aryl methyl sites for hydroxylation is 2. The number of hydrogen-bond donors (Lipinski definition) is 0. The number of thiophene rings is 1. The van der Waals surface area contributed by atoms with E-state index in [4.69, 9.17) is 11.6 Å². The molecule has 0 spiro atoms. The number of piperazine rings is 1. The molecular formula is C23H23ClN6OS. The first-order valence-electron chi connectivity index (χ1n) is 10.5. The fourth-order valence-corrected chi connectivity index (χ4v) is 5.22. The lowest BCUT2D eigenvalue weighted by molar-refractivity contribution is 0.0618. The van der Waals surface area contributed by atoms with Crippen LogP contribution >= 0.6 is 22.9 Å². The van der Waals surface area contributed by atoms with Gasteiger partial charge in [0.05, 0.1) is 0 Å². The number of amides is 1. The van der Waals surface area contributed by atoms with Crippen molar-refractivity contribution in [1.29, 1.82) is 0 Å². The molecule has 7 nitrogen and oxygen atoms in total. The van der Waals surface area contributed by atoms with E-state index >= 15 is 0 Å². The molecule has 9 heteroatoms. The summed E-state index contributed by atoms with van der Waals surface area (Å²) in [6.07, 6.45) is 0. The number of halogens is 1. The van der Waals surface area contributed by atoms with E-state index in [1.54, 1.807) is 15.9 Å². The monoisotopic (exact) mass is 466 g/mol. The Morgan fingerprint density at radius 3 is 2.66 bits per heavy atom. The van der Waals surface area contributed by atoms with Gasteiger partial charge in [-0.1, -0.05) is 23.7 Å². The van der Waals surface area contributed by atoms with Gasteiger partial charge in [0.2, 0.25) is 5.82 Å². The van der Waals surface area contributed by atoms with E-state index in [0.717, 1.165) is 41.6 Å². The second kappa shape index (κ2) is 8.61. The van der Waals surface area contributed by atoms with E-state index in [1.165, 1.54) is 9.75 Å². The Morgan fingerprint density at radius 2 is 1.88 bits per heavy atom. The molecule has 0 saturated carbocycles. The summed E-state index contributed by atoms with van der Waals surface area (Å²) in [7, 11) is 0. The quantitative estimate of drug-likeness (QED) is 0.453. The molecule has 1 aliphatic heterocycles. The molecule has 5 rings (SSSR count). The molecule has 0 N–H and O–H groups in total. The largest absolute Gasteiger partial charge is 0.333 e. The highest BCUT2D eigenvalue weighted by Gasteiger charge is 2.26. The number of fused-ring (bicyclic) bond motifs is 1. The summed E-state index contributed by atoms with van der Waals surface area (Å²) in [6.45, 7) is 7.68. The molecule has 1 fully saturated rings. The molecule has 3 aromatic heterocycles. The summed E-state index contributed by atoms with van der Waals surface area (Å²) in [5.74, 6) is 0.549.